The van der Waals surface area contributed by atoms with E-state index in [0.29, 0.717) is 0 Å². The monoisotopic (exact) mass is 331 g/mol. The van der Waals surface area contributed by atoms with Crippen molar-refractivity contribution in [2.75, 3.05) is 7.05 Å². The van der Waals surface area contributed by atoms with Gasteiger partial charge in [-0.3, -0.25) is 0 Å². The van der Waals surface area contributed by atoms with Crippen LogP contribution in [0.4, 0.5) is 0 Å². The van der Waals surface area contributed by atoms with Crippen LogP contribution >= 0.6 is 15.9 Å². The molecule has 2 aromatic rings. The predicted molar refractivity (Wildman–Crippen MR) is 90.4 cm³/mol. The number of nitrogens with one attached hydrogen (secondary N) is 1. The average molecular weight is 332 g/mol. The van der Waals surface area contributed by atoms with Gasteiger partial charge >= 0.3 is 0 Å². The normalized spacial score (nSPS) is 12.5. The van der Waals surface area contributed by atoms with Gasteiger partial charge in [0.15, 0.2) is 0 Å². The van der Waals surface area contributed by atoms with E-state index in [-0.39, 0.29) is 6.04 Å². The summed E-state index contributed by atoms with van der Waals surface area (Å²) in [5, 5.41) is 3.48. The number of rotatable bonds is 3. The summed E-state index contributed by atoms with van der Waals surface area (Å²) in [6.07, 6.45) is 0. The van der Waals surface area contributed by atoms with E-state index in [9.17, 15) is 0 Å². The summed E-state index contributed by atoms with van der Waals surface area (Å²) < 4.78 is 1.16. The van der Waals surface area contributed by atoms with Crippen molar-refractivity contribution in [1.29, 1.82) is 0 Å². The Kier molecular flexibility index (Phi) is 4.66. The van der Waals surface area contributed by atoms with Gasteiger partial charge in [-0.05, 0) is 68.6 Å². The molecule has 0 aliphatic rings. The zero-order chi connectivity index (χ0) is 14.9. The number of aryl methyl sites for hydroxylation is 3. The first-order valence-electron chi connectivity index (χ1n) is 6.95. The molecule has 1 atom stereocenters. The standard InChI is InChI=1S/C18H22BrN/c1-11-9-12(2)17(13(3)10-11)18(20-5)15-7-6-8-16(19)14(15)4/h6-10,18,20H,1-5H3. The second-order valence-electron chi connectivity index (χ2n) is 5.49. The molecule has 0 spiro atoms. The van der Waals surface area contributed by atoms with Crippen LogP contribution < -0.4 is 5.32 Å². The Morgan fingerprint density at radius 2 is 1.60 bits per heavy atom. The van der Waals surface area contributed by atoms with E-state index < -0.39 is 0 Å². The molecule has 2 aromatic carbocycles. The second-order valence-corrected chi connectivity index (χ2v) is 6.34. The molecule has 1 nitrogen and oxygen atoms in total. The minimum atomic E-state index is 0.230. The van der Waals surface area contributed by atoms with E-state index >= 15 is 0 Å². The van der Waals surface area contributed by atoms with Gasteiger partial charge in [-0.2, -0.15) is 0 Å². The first kappa shape index (κ1) is 15.3. The van der Waals surface area contributed by atoms with Gasteiger partial charge < -0.3 is 5.32 Å². The summed E-state index contributed by atoms with van der Waals surface area (Å²) in [5.41, 5.74) is 8.04. The average Bonchev–Trinajstić information content (AvgIpc) is 2.37. The highest BCUT2D eigenvalue weighted by Gasteiger charge is 2.19. The van der Waals surface area contributed by atoms with Gasteiger partial charge in [-0.1, -0.05) is 45.8 Å². The predicted octanol–water partition coefficient (Wildman–Crippen LogP) is 4.99. The Balaban J connectivity index is 2.62. The SMILES string of the molecule is CNC(c1cccc(Br)c1C)c1c(C)cc(C)cc1C. The molecule has 0 saturated carbocycles. The summed E-state index contributed by atoms with van der Waals surface area (Å²) in [6.45, 7) is 8.73. The van der Waals surface area contributed by atoms with Gasteiger partial charge in [0, 0.05) is 4.47 Å². The molecule has 1 N–H and O–H groups in total. The lowest BCUT2D eigenvalue weighted by atomic mass is 9.88. The molecule has 2 heteroatoms. The maximum Gasteiger partial charge on any atom is 0.0582 e. The molecule has 0 fully saturated rings. The fourth-order valence-electron chi connectivity index (χ4n) is 3.04. The molecule has 0 aliphatic carbocycles. The van der Waals surface area contributed by atoms with Crippen LogP contribution in [0.15, 0.2) is 34.8 Å². The highest BCUT2D eigenvalue weighted by molar-refractivity contribution is 9.10. The van der Waals surface area contributed by atoms with Crippen LogP contribution in [0.1, 0.15) is 39.4 Å². The summed E-state index contributed by atoms with van der Waals surface area (Å²) in [5.74, 6) is 0. The zero-order valence-electron chi connectivity index (χ0n) is 12.8. The second kappa shape index (κ2) is 6.11. The van der Waals surface area contributed by atoms with Gasteiger partial charge in [-0.25, -0.2) is 0 Å². The van der Waals surface area contributed by atoms with E-state index in [1.165, 1.54) is 33.4 Å². The molecule has 1 unspecified atom stereocenters. The molecule has 0 bridgehead atoms. The van der Waals surface area contributed by atoms with Crippen molar-refractivity contribution in [1.82, 2.24) is 5.32 Å². The third-order valence-electron chi connectivity index (χ3n) is 3.94. The molecule has 0 aromatic heterocycles. The van der Waals surface area contributed by atoms with Crippen molar-refractivity contribution in [2.45, 2.75) is 33.7 Å². The molecule has 0 heterocycles. The van der Waals surface area contributed by atoms with E-state index in [1.54, 1.807) is 0 Å². The van der Waals surface area contributed by atoms with Crippen LogP contribution in [0.5, 0.6) is 0 Å². The zero-order valence-corrected chi connectivity index (χ0v) is 14.4. The van der Waals surface area contributed by atoms with Crippen molar-refractivity contribution in [3.05, 3.63) is 68.2 Å². The number of benzene rings is 2. The fourth-order valence-corrected chi connectivity index (χ4v) is 3.42. The van der Waals surface area contributed by atoms with Crippen molar-refractivity contribution in [2.24, 2.45) is 0 Å². The molecule has 20 heavy (non-hydrogen) atoms. The Morgan fingerprint density at radius 3 is 2.15 bits per heavy atom. The highest BCUT2D eigenvalue weighted by atomic mass is 79.9. The third kappa shape index (κ3) is 2.82. The fraction of sp³-hybridized carbons (Fsp3) is 0.333. The number of halogens is 1. The maximum atomic E-state index is 3.64. The van der Waals surface area contributed by atoms with Gasteiger partial charge in [0.1, 0.15) is 0 Å². The quantitative estimate of drug-likeness (QED) is 0.835. The molecule has 0 radical (unpaired) electrons. The lowest BCUT2D eigenvalue weighted by Gasteiger charge is -2.24. The van der Waals surface area contributed by atoms with E-state index in [1.807, 2.05) is 7.05 Å². The first-order valence-corrected chi connectivity index (χ1v) is 7.75. The van der Waals surface area contributed by atoms with Gasteiger partial charge in [-0.15, -0.1) is 0 Å². The molecular formula is C18H22BrN. The summed E-state index contributed by atoms with van der Waals surface area (Å²) in [7, 11) is 2.03. The van der Waals surface area contributed by atoms with Crippen molar-refractivity contribution < 1.29 is 0 Å². The van der Waals surface area contributed by atoms with Gasteiger partial charge in [0.2, 0.25) is 0 Å². The Bertz CT molecular complexity index is 608. The van der Waals surface area contributed by atoms with Crippen LogP contribution in [0.25, 0.3) is 0 Å². The van der Waals surface area contributed by atoms with Crippen LogP contribution in [0.3, 0.4) is 0 Å². The van der Waals surface area contributed by atoms with Crippen molar-refractivity contribution in [3.63, 3.8) is 0 Å². The van der Waals surface area contributed by atoms with E-state index in [4.69, 9.17) is 0 Å². The number of hydrogen-bond acceptors (Lipinski definition) is 1. The van der Waals surface area contributed by atoms with Crippen LogP contribution in [-0.2, 0) is 0 Å². The molecule has 0 aliphatic heterocycles. The molecular weight excluding hydrogens is 310 g/mol. The van der Waals surface area contributed by atoms with E-state index in [2.05, 4.69) is 79.3 Å². The minimum Gasteiger partial charge on any atom is -0.309 e. The molecule has 0 amide bonds. The Morgan fingerprint density at radius 1 is 1.00 bits per heavy atom. The first-order chi connectivity index (χ1) is 9.45. The number of hydrogen-bond donors (Lipinski definition) is 1. The summed E-state index contributed by atoms with van der Waals surface area (Å²) in [6, 6.07) is 11.2. The molecule has 0 saturated heterocycles. The van der Waals surface area contributed by atoms with Crippen molar-refractivity contribution in [3.8, 4) is 0 Å². The van der Waals surface area contributed by atoms with Gasteiger partial charge in [0.05, 0.1) is 6.04 Å². The lowest BCUT2D eigenvalue weighted by Crippen LogP contribution is -2.21. The van der Waals surface area contributed by atoms with Crippen LogP contribution in [0.2, 0.25) is 0 Å². The summed E-state index contributed by atoms with van der Waals surface area (Å²) in [4.78, 5) is 0. The Labute approximate surface area is 130 Å². The Hall–Kier alpha value is -1.12. The lowest BCUT2D eigenvalue weighted by molar-refractivity contribution is 0.678. The van der Waals surface area contributed by atoms with Crippen molar-refractivity contribution >= 4 is 15.9 Å². The maximum absolute atomic E-state index is 3.64. The molecule has 106 valence electrons. The minimum absolute atomic E-state index is 0.230. The highest BCUT2D eigenvalue weighted by Crippen LogP contribution is 2.32. The van der Waals surface area contributed by atoms with Gasteiger partial charge in [0.25, 0.3) is 0 Å². The van der Waals surface area contributed by atoms with E-state index in [0.717, 1.165) is 4.47 Å². The smallest absolute Gasteiger partial charge is 0.0582 e. The largest absolute Gasteiger partial charge is 0.309 e. The third-order valence-corrected chi connectivity index (χ3v) is 4.80. The topological polar surface area (TPSA) is 12.0 Å². The molecule has 2 rings (SSSR count). The van der Waals surface area contributed by atoms with Crippen LogP contribution in [-0.4, -0.2) is 7.05 Å². The summed E-state index contributed by atoms with van der Waals surface area (Å²) >= 11 is 3.64. The van der Waals surface area contributed by atoms with Crippen LogP contribution in [0, 0.1) is 27.7 Å².